The van der Waals surface area contributed by atoms with Gasteiger partial charge < -0.3 is 0 Å². The van der Waals surface area contributed by atoms with Gasteiger partial charge in [-0.3, -0.25) is 20.2 Å². The molecule has 0 N–H and O–H groups in total. The van der Waals surface area contributed by atoms with E-state index < -0.39 is 21.2 Å². The molecule has 0 aromatic heterocycles. The van der Waals surface area contributed by atoms with E-state index in [0.717, 1.165) is 12.1 Å². The molecule has 0 bridgehead atoms. The molecule has 0 atom stereocenters. The van der Waals surface area contributed by atoms with Gasteiger partial charge >= 0.3 is 11.4 Å². The van der Waals surface area contributed by atoms with Crippen LogP contribution >= 0.6 is 0 Å². The number of nitrogens with zero attached hydrogens (tertiary/aromatic N) is 5. The molecule has 1 radical (unpaired) electrons. The fourth-order valence-electron chi connectivity index (χ4n) is 0.983. The summed E-state index contributed by atoms with van der Waals surface area (Å²) in [7, 11) is 0. The summed E-state index contributed by atoms with van der Waals surface area (Å²) in [5.74, 6) is 0. The fourth-order valence-corrected chi connectivity index (χ4v) is 0.983. The Morgan fingerprint density at radius 1 is 1.25 bits per heavy atom. The van der Waals surface area contributed by atoms with Crippen LogP contribution in [-0.4, -0.2) is 39.4 Å². The van der Waals surface area contributed by atoms with Gasteiger partial charge in [-0.2, -0.15) is 0 Å². The van der Waals surface area contributed by atoms with Crippen molar-refractivity contribution < 1.29 is 9.85 Å². The van der Waals surface area contributed by atoms with Crippen LogP contribution in [0.15, 0.2) is 23.3 Å². The number of benzene rings is 1. The second-order valence-electron chi connectivity index (χ2n) is 2.35. The Balaban J connectivity index is 0.00000225. The molecule has 0 unspecified atom stereocenters. The Morgan fingerprint density at radius 3 is 2.31 bits per heavy atom. The van der Waals surface area contributed by atoms with E-state index in [9.17, 15) is 20.2 Å². The number of hydrogen-bond acceptors (Lipinski definition) is 5. The topological polar surface area (TPSA) is 135 Å². The quantitative estimate of drug-likeness (QED) is 0.196. The SMILES string of the molecule is [N-]=[N+]=Nc1cccc([N+](=O)[O-])c1[N+](=O)[O-].[Na]. The maximum Gasteiger partial charge on any atom is 0.355 e. The monoisotopic (exact) mass is 232 g/mol. The smallest absolute Gasteiger partial charge is 0.258 e. The average Bonchev–Trinajstić information content (AvgIpc) is 2.17. The number of rotatable bonds is 3. The second-order valence-corrected chi connectivity index (χ2v) is 2.35. The maximum absolute atomic E-state index is 10.5. The molecule has 0 aliphatic heterocycles. The van der Waals surface area contributed by atoms with Crippen LogP contribution in [0.3, 0.4) is 0 Å². The number of nitro groups is 2. The number of hydrogen-bond donors (Lipinski definition) is 0. The summed E-state index contributed by atoms with van der Waals surface area (Å²) in [4.78, 5) is 21.5. The molecule has 16 heavy (non-hydrogen) atoms. The summed E-state index contributed by atoms with van der Waals surface area (Å²) in [6.45, 7) is 0. The van der Waals surface area contributed by atoms with Crippen molar-refractivity contribution in [2.45, 2.75) is 0 Å². The van der Waals surface area contributed by atoms with Gasteiger partial charge in [0.25, 0.3) is 0 Å². The first-order chi connectivity index (χ1) is 7.07. The first kappa shape index (κ1) is 14.3. The van der Waals surface area contributed by atoms with E-state index in [4.69, 9.17) is 5.53 Å². The summed E-state index contributed by atoms with van der Waals surface area (Å²) < 4.78 is 0. The Bertz CT molecular complexity index is 464. The largest absolute Gasteiger partial charge is 0.355 e. The van der Waals surface area contributed by atoms with Crippen molar-refractivity contribution in [3.8, 4) is 0 Å². The van der Waals surface area contributed by atoms with E-state index in [1.807, 2.05) is 0 Å². The molecule has 9 nitrogen and oxygen atoms in total. The molecule has 1 aromatic carbocycles. The van der Waals surface area contributed by atoms with Crippen molar-refractivity contribution in [3.63, 3.8) is 0 Å². The van der Waals surface area contributed by atoms with Crippen LogP contribution in [0.2, 0.25) is 0 Å². The van der Waals surface area contributed by atoms with Crippen molar-refractivity contribution in [3.05, 3.63) is 48.9 Å². The van der Waals surface area contributed by atoms with Gasteiger partial charge in [0, 0.05) is 40.5 Å². The van der Waals surface area contributed by atoms with Gasteiger partial charge in [-0.1, -0.05) is 11.2 Å². The summed E-state index contributed by atoms with van der Waals surface area (Å²) >= 11 is 0. The van der Waals surface area contributed by atoms with Gasteiger partial charge in [0.05, 0.1) is 9.85 Å². The summed E-state index contributed by atoms with van der Waals surface area (Å²) in [6.07, 6.45) is 0. The maximum atomic E-state index is 10.5. The van der Waals surface area contributed by atoms with E-state index in [1.165, 1.54) is 6.07 Å². The van der Waals surface area contributed by atoms with Crippen LogP contribution in [0.5, 0.6) is 0 Å². The van der Waals surface area contributed by atoms with Crippen molar-refractivity contribution in [2.24, 2.45) is 5.11 Å². The zero-order chi connectivity index (χ0) is 11.4. The van der Waals surface area contributed by atoms with Gasteiger partial charge in [-0.15, -0.1) is 0 Å². The van der Waals surface area contributed by atoms with Gasteiger partial charge in [-0.25, -0.2) is 0 Å². The Kier molecular flexibility index (Phi) is 5.40. The summed E-state index contributed by atoms with van der Waals surface area (Å²) in [6, 6.07) is 3.30. The molecule has 10 heteroatoms. The molecule has 1 rings (SSSR count). The van der Waals surface area contributed by atoms with Crippen LogP contribution in [0.25, 0.3) is 10.4 Å². The van der Waals surface area contributed by atoms with Crippen LogP contribution in [-0.2, 0) is 0 Å². The Hall–Kier alpha value is -1.67. The first-order valence-corrected chi connectivity index (χ1v) is 3.55. The van der Waals surface area contributed by atoms with Crippen LogP contribution in [0, 0.1) is 20.2 Å². The van der Waals surface area contributed by atoms with E-state index in [0.29, 0.717) is 0 Å². The van der Waals surface area contributed by atoms with Gasteiger partial charge in [0.1, 0.15) is 5.69 Å². The fraction of sp³-hybridized carbons (Fsp3) is 0. The van der Waals surface area contributed by atoms with Gasteiger partial charge in [0.2, 0.25) is 0 Å². The minimum absolute atomic E-state index is 0. The molecule has 1 aromatic rings. The molecule has 0 amide bonds. The van der Waals surface area contributed by atoms with Crippen molar-refractivity contribution in [1.29, 1.82) is 0 Å². The van der Waals surface area contributed by atoms with E-state index in [2.05, 4.69) is 10.0 Å². The number of para-hydroxylation sites is 1. The third-order valence-corrected chi connectivity index (χ3v) is 1.53. The predicted octanol–water partition coefficient (Wildman–Crippen LogP) is 2.06. The molecular weight excluding hydrogens is 229 g/mol. The number of azide groups is 1. The molecule has 0 heterocycles. The molecule has 0 aliphatic rings. The molecule has 0 fully saturated rings. The zero-order valence-electron chi connectivity index (χ0n) is 8.10. The van der Waals surface area contributed by atoms with E-state index >= 15 is 0 Å². The van der Waals surface area contributed by atoms with Crippen LogP contribution in [0.4, 0.5) is 17.1 Å². The Morgan fingerprint density at radius 2 is 1.88 bits per heavy atom. The average molecular weight is 232 g/mol. The molecular formula is C6H3N5NaO4. The molecule has 77 valence electrons. The van der Waals surface area contributed by atoms with Crippen molar-refractivity contribution >= 4 is 46.6 Å². The van der Waals surface area contributed by atoms with Crippen LogP contribution in [0.1, 0.15) is 0 Å². The molecule has 0 aliphatic carbocycles. The minimum Gasteiger partial charge on any atom is -0.258 e. The summed E-state index contributed by atoms with van der Waals surface area (Å²) in [5, 5.41) is 24.0. The third-order valence-electron chi connectivity index (χ3n) is 1.53. The van der Waals surface area contributed by atoms with E-state index in [-0.39, 0.29) is 35.2 Å². The number of nitro benzene ring substituents is 2. The normalized spacial score (nSPS) is 8.50. The standard InChI is InChI=1S/C6H3N5O4.Na/c7-9-8-4-2-1-3-5(10(12)13)6(4)11(14)15;/h1-3H;. The molecule has 0 spiro atoms. The predicted molar refractivity (Wildman–Crippen MR) is 54.3 cm³/mol. The van der Waals surface area contributed by atoms with Crippen molar-refractivity contribution in [1.82, 2.24) is 0 Å². The Labute approximate surface area is 110 Å². The molecule has 0 saturated carbocycles. The van der Waals surface area contributed by atoms with Gasteiger partial charge in [0.15, 0.2) is 0 Å². The second kappa shape index (κ2) is 6.03. The van der Waals surface area contributed by atoms with Crippen LogP contribution < -0.4 is 0 Å². The van der Waals surface area contributed by atoms with Crippen molar-refractivity contribution in [2.75, 3.05) is 0 Å². The minimum atomic E-state index is -0.956. The third kappa shape index (κ3) is 2.91. The van der Waals surface area contributed by atoms with Gasteiger partial charge in [-0.05, 0) is 11.6 Å². The molecule has 0 saturated heterocycles. The van der Waals surface area contributed by atoms with E-state index in [1.54, 1.807) is 0 Å². The summed E-state index contributed by atoms with van der Waals surface area (Å²) in [5.41, 5.74) is 6.23. The first-order valence-electron chi connectivity index (χ1n) is 3.55. The zero-order valence-corrected chi connectivity index (χ0v) is 10.1.